The molecule has 0 aliphatic rings. The topological polar surface area (TPSA) is 84.9 Å². The third kappa shape index (κ3) is 6.16. The monoisotopic (exact) mass is 424 g/mol. The van der Waals surface area contributed by atoms with Crippen LogP contribution in [0.5, 0.6) is 5.75 Å². The molecule has 0 aliphatic heterocycles. The zero-order valence-corrected chi connectivity index (χ0v) is 17.2. The van der Waals surface area contributed by atoms with Crippen LogP contribution in [0.15, 0.2) is 53.4 Å². The lowest BCUT2D eigenvalue weighted by atomic mass is 10.3. The summed E-state index contributed by atoms with van der Waals surface area (Å²) in [5, 5.41) is 2.64. The minimum absolute atomic E-state index is 0.0781. The third-order valence-electron chi connectivity index (χ3n) is 4.05. The fourth-order valence-corrected chi connectivity index (χ4v) is 3.99. The molecule has 0 bridgehead atoms. The average molecular weight is 424 g/mol. The summed E-state index contributed by atoms with van der Waals surface area (Å²) in [4.78, 5) is 12.3. The van der Waals surface area contributed by atoms with Gasteiger partial charge in [-0.05, 0) is 49.7 Å². The maximum atomic E-state index is 14.4. The van der Waals surface area contributed by atoms with Crippen LogP contribution in [0.25, 0.3) is 0 Å². The second-order valence-corrected chi connectivity index (χ2v) is 7.90. The Morgan fingerprint density at radius 3 is 2.45 bits per heavy atom. The zero-order valence-electron chi connectivity index (χ0n) is 16.4. The fraction of sp³-hybridized carbons (Fsp3) is 0.350. The summed E-state index contributed by atoms with van der Waals surface area (Å²) in [5.74, 6) is -0.802. The van der Waals surface area contributed by atoms with Crippen molar-refractivity contribution < 1.29 is 27.1 Å². The van der Waals surface area contributed by atoms with E-state index >= 15 is 0 Å². The number of halogens is 1. The molecule has 0 atom stereocenters. The molecule has 0 fully saturated rings. The SMILES string of the molecule is CCOCCCNC(=O)CN(c1ccccc1F)S(=O)(=O)c1ccc(OC)cc1. The number of amides is 1. The van der Waals surface area contributed by atoms with Crippen LogP contribution in [0, 0.1) is 5.82 Å². The van der Waals surface area contributed by atoms with E-state index < -0.39 is 28.3 Å². The molecule has 2 aromatic carbocycles. The summed E-state index contributed by atoms with van der Waals surface area (Å²) in [6, 6.07) is 11.1. The highest BCUT2D eigenvalue weighted by atomic mass is 32.2. The summed E-state index contributed by atoms with van der Waals surface area (Å²) in [6.07, 6.45) is 0.588. The molecule has 0 spiro atoms. The molecule has 0 saturated heterocycles. The van der Waals surface area contributed by atoms with Gasteiger partial charge in [-0.2, -0.15) is 0 Å². The molecule has 0 unspecified atom stereocenters. The molecule has 9 heteroatoms. The highest BCUT2D eigenvalue weighted by Gasteiger charge is 2.29. The number of sulfonamides is 1. The Morgan fingerprint density at radius 2 is 1.83 bits per heavy atom. The predicted octanol–water partition coefficient (Wildman–Crippen LogP) is 2.57. The van der Waals surface area contributed by atoms with Crippen molar-refractivity contribution >= 4 is 21.6 Å². The predicted molar refractivity (Wildman–Crippen MR) is 108 cm³/mol. The number of anilines is 1. The van der Waals surface area contributed by atoms with Crippen LogP contribution in [-0.2, 0) is 19.6 Å². The number of hydrogen-bond acceptors (Lipinski definition) is 5. The first-order chi connectivity index (χ1) is 13.9. The molecule has 158 valence electrons. The van der Waals surface area contributed by atoms with Crippen LogP contribution in [0.1, 0.15) is 13.3 Å². The first kappa shape index (κ1) is 22.6. The molecule has 0 aromatic heterocycles. The molecule has 2 aromatic rings. The maximum Gasteiger partial charge on any atom is 0.264 e. The van der Waals surface area contributed by atoms with E-state index in [1.807, 2.05) is 6.92 Å². The smallest absolute Gasteiger partial charge is 0.264 e. The van der Waals surface area contributed by atoms with Crippen LogP contribution in [0.3, 0.4) is 0 Å². The summed E-state index contributed by atoms with van der Waals surface area (Å²) >= 11 is 0. The van der Waals surface area contributed by atoms with Gasteiger partial charge in [0.05, 0.1) is 17.7 Å². The molecule has 1 amide bonds. The summed E-state index contributed by atoms with van der Waals surface area (Å²) < 4.78 is 51.7. The van der Waals surface area contributed by atoms with Crippen molar-refractivity contribution in [1.82, 2.24) is 5.32 Å². The van der Waals surface area contributed by atoms with E-state index in [0.29, 0.717) is 31.9 Å². The number of nitrogens with zero attached hydrogens (tertiary/aromatic N) is 1. The standard InChI is InChI=1S/C20H25FN2O5S/c1-3-28-14-6-13-22-20(24)15-23(19-8-5-4-7-18(19)21)29(25,26)17-11-9-16(27-2)10-12-17/h4-5,7-12H,3,6,13-15H2,1-2H3,(H,22,24). The summed E-state index contributed by atoms with van der Waals surface area (Å²) in [5.41, 5.74) is -0.201. The van der Waals surface area contributed by atoms with Gasteiger partial charge in [-0.3, -0.25) is 9.10 Å². The van der Waals surface area contributed by atoms with Crippen molar-refractivity contribution in [3.8, 4) is 5.75 Å². The van der Waals surface area contributed by atoms with Crippen molar-refractivity contribution in [1.29, 1.82) is 0 Å². The highest BCUT2D eigenvalue weighted by Crippen LogP contribution is 2.27. The van der Waals surface area contributed by atoms with Gasteiger partial charge in [0.15, 0.2) is 0 Å². The quantitative estimate of drug-likeness (QED) is 0.561. The van der Waals surface area contributed by atoms with Gasteiger partial charge in [-0.25, -0.2) is 12.8 Å². The van der Waals surface area contributed by atoms with Gasteiger partial charge in [0.25, 0.3) is 10.0 Å². The number of hydrogen-bond donors (Lipinski definition) is 1. The maximum absolute atomic E-state index is 14.4. The van der Waals surface area contributed by atoms with Gasteiger partial charge in [-0.15, -0.1) is 0 Å². The minimum Gasteiger partial charge on any atom is -0.497 e. The number of carbonyl (C=O) groups excluding carboxylic acids is 1. The molecule has 1 N–H and O–H groups in total. The van der Waals surface area contributed by atoms with Gasteiger partial charge >= 0.3 is 0 Å². The molecule has 0 radical (unpaired) electrons. The molecule has 29 heavy (non-hydrogen) atoms. The Morgan fingerprint density at radius 1 is 1.14 bits per heavy atom. The number of rotatable bonds is 11. The Kier molecular flexibility index (Phi) is 8.41. The number of para-hydroxylation sites is 1. The lowest BCUT2D eigenvalue weighted by molar-refractivity contribution is -0.119. The Hall–Kier alpha value is -2.65. The van der Waals surface area contributed by atoms with Crippen LogP contribution >= 0.6 is 0 Å². The van der Waals surface area contributed by atoms with Crippen molar-refractivity contribution in [2.24, 2.45) is 0 Å². The number of carbonyl (C=O) groups is 1. The van der Waals surface area contributed by atoms with Gasteiger partial charge in [0.1, 0.15) is 18.1 Å². The lowest BCUT2D eigenvalue weighted by Crippen LogP contribution is -2.41. The third-order valence-corrected chi connectivity index (χ3v) is 5.82. The van der Waals surface area contributed by atoms with Gasteiger partial charge in [-0.1, -0.05) is 12.1 Å². The Labute approximate surface area is 170 Å². The zero-order chi connectivity index (χ0) is 21.3. The first-order valence-corrected chi connectivity index (χ1v) is 10.6. The van der Waals surface area contributed by atoms with Gasteiger partial charge in [0, 0.05) is 19.8 Å². The van der Waals surface area contributed by atoms with E-state index in [2.05, 4.69) is 5.32 Å². The second kappa shape index (κ2) is 10.8. The molecule has 0 aliphatic carbocycles. The van der Waals surface area contributed by atoms with Crippen LogP contribution < -0.4 is 14.4 Å². The molecule has 0 heterocycles. The van der Waals surface area contributed by atoms with Gasteiger partial charge in [0.2, 0.25) is 5.91 Å². The lowest BCUT2D eigenvalue weighted by Gasteiger charge is -2.24. The van der Waals surface area contributed by atoms with E-state index in [9.17, 15) is 17.6 Å². The van der Waals surface area contributed by atoms with E-state index in [1.165, 1.54) is 49.6 Å². The Bertz CT molecular complexity index is 903. The van der Waals surface area contributed by atoms with Crippen LogP contribution in [-0.4, -0.2) is 47.7 Å². The molecule has 0 saturated carbocycles. The molecule has 2 rings (SSSR count). The Balaban J connectivity index is 2.25. The number of nitrogens with one attached hydrogen (secondary N) is 1. The van der Waals surface area contributed by atoms with Crippen molar-refractivity contribution in [2.45, 2.75) is 18.2 Å². The number of ether oxygens (including phenoxy) is 2. The van der Waals surface area contributed by atoms with E-state index in [-0.39, 0.29) is 10.6 Å². The average Bonchev–Trinajstić information content (AvgIpc) is 2.72. The highest BCUT2D eigenvalue weighted by molar-refractivity contribution is 7.92. The molecular weight excluding hydrogens is 399 g/mol. The first-order valence-electron chi connectivity index (χ1n) is 9.16. The minimum atomic E-state index is -4.18. The largest absolute Gasteiger partial charge is 0.497 e. The van der Waals surface area contributed by atoms with Crippen LogP contribution in [0.4, 0.5) is 10.1 Å². The van der Waals surface area contributed by atoms with Crippen LogP contribution in [0.2, 0.25) is 0 Å². The normalized spacial score (nSPS) is 11.1. The second-order valence-electron chi connectivity index (χ2n) is 6.04. The summed E-state index contributed by atoms with van der Waals surface area (Å²) in [6.45, 7) is 2.71. The molecule has 7 nitrogen and oxygen atoms in total. The summed E-state index contributed by atoms with van der Waals surface area (Å²) in [7, 11) is -2.72. The van der Waals surface area contributed by atoms with Gasteiger partial charge < -0.3 is 14.8 Å². The van der Waals surface area contributed by atoms with Crippen molar-refractivity contribution in [2.75, 3.05) is 37.7 Å². The van der Waals surface area contributed by atoms with E-state index in [1.54, 1.807) is 0 Å². The van der Waals surface area contributed by atoms with E-state index in [4.69, 9.17) is 9.47 Å². The van der Waals surface area contributed by atoms with Crippen molar-refractivity contribution in [3.63, 3.8) is 0 Å². The van der Waals surface area contributed by atoms with Crippen molar-refractivity contribution in [3.05, 3.63) is 54.3 Å². The van der Waals surface area contributed by atoms with E-state index in [0.717, 1.165) is 10.4 Å². The fourth-order valence-electron chi connectivity index (χ4n) is 2.56. The molecular formula is C20H25FN2O5S. The number of benzene rings is 2. The number of methoxy groups -OCH3 is 1.